The minimum Gasteiger partial charge on any atom is -0.336 e. The summed E-state index contributed by atoms with van der Waals surface area (Å²) in [5.74, 6) is 0.109. The molecule has 0 spiro atoms. The summed E-state index contributed by atoms with van der Waals surface area (Å²) in [5.41, 5.74) is 5.20. The fourth-order valence-corrected chi connectivity index (χ4v) is 5.98. The van der Waals surface area contributed by atoms with Crippen molar-refractivity contribution in [2.45, 2.75) is 6.54 Å². The molecule has 5 nitrogen and oxygen atoms in total. The smallest absolute Gasteiger partial charge is 0.253 e. The molecule has 3 aromatic carbocycles. The van der Waals surface area contributed by atoms with Crippen LogP contribution >= 0.6 is 22.9 Å². The van der Waals surface area contributed by atoms with Crippen LogP contribution in [0.5, 0.6) is 0 Å². The van der Waals surface area contributed by atoms with E-state index in [2.05, 4.69) is 39.6 Å². The molecule has 1 fully saturated rings. The van der Waals surface area contributed by atoms with Gasteiger partial charge in [-0.2, -0.15) is 0 Å². The Bertz CT molecular complexity index is 1470. The van der Waals surface area contributed by atoms with E-state index in [9.17, 15) is 4.79 Å². The van der Waals surface area contributed by atoms with E-state index in [0.29, 0.717) is 0 Å². The van der Waals surface area contributed by atoms with Gasteiger partial charge in [-0.15, -0.1) is 0 Å². The van der Waals surface area contributed by atoms with E-state index in [1.807, 2.05) is 53.4 Å². The minimum absolute atomic E-state index is 0.109. The van der Waals surface area contributed by atoms with Crippen molar-refractivity contribution in [2.75, 3.05) is 26.2 Å². The van der Waals surface area contributed by atoms with Gasteiger partial charge in [-0.05, 0) is 30.3 Å². The second-order valence-corrected chi connectivity index (χ2v) is 9.99. The molecule has 0 N–H and O–H groups in total. The number of halogens is 1. The van der Waals surface area contributed by atoms with Gasteiger partial charge in [0.25, 0.3) is 5.91 Å². The van der Waals surface area contributed by atoms with Gasteiger partial charge >= 0.3 is 0 Å². The number of nitrogens with zero attached hydrogens (tertiary/aromatic N) is 4. The summed E-state index contributed by atoms with van der Waals surface area (Å²) in [6.07, 6.45) is 0. The third kappa shape index (κ3) is 3.88. The molecule has 2 aromatic heterocycles. The Morgan fingerprint density at radius 1 is 0.912 bits per heavy atom. The number of carbonyl (C=O) groups excluding carboxylic acids is 1. The van der Waals surface area contributed by atoms with Crippen molar-refractivity contribution in [1.82, 2.24) is 19.2 Å². The molecule has 7 heteroatoms. The summed E-state index contributed by atoms with van der Waals surface area (Å²) in [7, 11) is 0. The van der Waals surface area contributed by atoms with E-state index < -0.39 is 0 Å². The molecule has 6 rings (SSSR count). The number of piperazine rings is 1. The Morgan fingerprint density at radius 2 is 1.62 bits per heavy atom. The molecule has 0 saturated carbocycles. The third-order valence-electron chi connectivity index (χ3n) is 6.41. The molecular weight excluding hydrogens is 464 g/mol. The predicted molar refractivity (Wildman–Crippen MR) is 139 cm³/mol. The number of hydrogen-bond acceptors (Lipinski definition) is 4. The van der Waals surface area contributed by atoms with Gasteiger partial charge < -0.3 is 4.90 Å². The Balaban J connectivity index is 1.31. The first kappa shape index (κ1) is 21.4. The summed E-state index contributed by atoms with van der Waals surface area (Å²) in [6, 6.07) is 25.9. The second-order valence-electron chi connectivity index (χ2n) is 8.54. The molecule has 0 bridgehead atoms. The largest absolute Gasteiger partial charge is 0.336 e. The van der Waals surface area contributed by atoms with Gasteiger partial charge in [0.05, 0.1) is 21.6 Å². The Morgan fingerprint density at radius 3 is 2.35 bits per heavy atom. The van der Waals surface area contributed by atoms with Crippen LogP contribution in [0, 0.1) is 0 Å². The number of amides is 1. The SMILES string of the molecule is O=C(c1ccccc1)N1CCN(Cc2c(-c3ccccc3)nc3sc4cc(Cl)ccc4n23)CC1. The van der Waals surface area contributed by atoms with Crippen LogP contribution < -0.4 is 0 Å². The monoisotopic (exact) mass is 486 g/mol. The summed E-state index contributed by atoms with van der Waals surface area (Å²) in [6.45, 7) is 3.86. The highest BCUT2D eigenvalue weighted by Gasteiger charge is 2.25. The molecule has 0 unspecified atom stereocenters. The molecule has 5 aromatic rings. The van der Waals surface area contributed by atoms with Gasteiger partial charge in [0.2, 0.25) is 0 Å². The molecular formula is C27H23ClN4OS. The maximum Gasteiger partial charge on any atom is 0.253 e. The van der Waals surface area contributed by atoms with E-state index in [4.69, 9.17) is 16.6 Å². The highest BCUT2D eigenvalue weighted by atomic mass is 35.5. The molecule has 170 valence electrons. The number of aromatic nitrogens is 2. The van der Waals surface area contributed by atoms with Crippen molar-refractivity contribution in [3.05, 3.63) is 95.1 Å². The molecule has 1 saturated heterocycles. The van der Waals surface area contributed by atoms with Crippen molar-refractivity contribution in [2.24, 2.45) is 0 Å². The van der Waals surface area contributed by atoms with Crippen LogP contribution in [0.25, 0.3) is 26.4 Å². The lowest BCUT2D eigenvalue weighted by atomic mass is 10.1. The standard InChI is InChI=1S/C27H23ClN4OS/c28-21-11-12-22-24(17-21)34-27-29-25(19-7-3-1-4-8-19)23(32(22)27)18-30-13-15-31(16-14-30)26(33)20-9-5-2-6-10-20/h1-12,17H,13-16,18H2. The van der Waals surface area contributed by atoms with Crippen LogP contribution in [-0.2, 0) is 6.54 Å². The fourth-order valence-electron chi connectivity index (χ4n) is 4.66. The lowest BCUT2D eigenvalue weighted by Crippen LogP contribution is -2.48. The fraction of sp³-hybridized carbons (Fsp3) is 0.185. The van der Waals surface area contributed by atoms with Crippen molar-refractivity contribution in [3.63, 3.8) is 0 Å². The van der Waals surface area contributed by atoms with E-state index in [1.165, 1.54) is 5.69 Å². The Hall–Kier alpha value is -3.19. The average molecular weight is 487 g/mol. The molecule has 0 radical (unpaired) electrons. The molecule has 1 aliphatic heterocycles. The van der Waals surface area contributed by atoms with Gasteiger partial charge in [-0.3, -0.25) is 14.1 Å². The van der Waals surface area contributed by atoms with Crippen LogP contribution in [0.1, 0.15) is 16.1 Å². The van der Waals surface area contributed by atoms with E-state index >= 15 is 0 Å². The van der Waals surface area contributed by atoms with Gasteiger partial charge in [0.15, 0.2) is 4.96 Å². The van der Waals surface area contributed by atoms with E-state index in [1.54, 1.807) is 11.3 Å². The second kappa shape index (κ2) is 8.87. The number of thiazole rings is 1. The zero-order valence-corrected chi connectivity index (χ0v) is 20.1. The Kier molecular flexibility index (Phi) is 5.57. The quantitative estimate of drug-likeness (QED) is 0.321. The summed E-state index contributed by atoms with van der Waals surface area (Å²) in [4.78, 5) is 23.3. The van der Waals surface area contributed by atoms with E-state index in [-0.39, 0.29) is 5.91 Å². The van der Waals surface area contributed by atoms with Crippen LogP contribution in [0.2, 0.25) is 5.02 Å². The number of rotatable bonds is 4. The van der Waals surface area contributed by atoms with Crippen LogP contribution in [-0.4, -0.2) is 51.3 Å². The van der Waals surface area contributed by atoms with Crippen molar-refractivity contribution < 1.29 is 4.79 Å². The lowest BCUT2D eigenvalue weighted by molar-refractivity contribution is 0.0627. The van der Waals surface area contributed by atoms with Crippen LogP contribution in [0.4, 0.5) is 0 Å². The summed E-state index contributed by atoms with van der Waals surface area (Å²) >= 11 is 7.92. The van der Waals surface area contributed by atoms with Crippen LogP contribution in [0.3, 0.4) is 0 Å². The maximum atomic E-state index is 12.9. The highest BCUT2D eigenvalue weighted by Crippen LogP contribution is 2.35. The third-order valence-corrected chi connectivity index (χ3v) is 7.65. The number of hydrogen-bond donors (Lipinski definition) is 0. The zero-order valence-electron chi connectivity index (χ0n) is 18.5. The molecule has 0 aliphatic carbocycles. The van der Waals surface area contributed by atoms with Gasteiger partial charge in [-0.1, -0.05) is 71.5 Å². The Labute approximate surface area is 206 Å². The number of imidazole rings is 1. The summed E-state index contributed by atoms with van der Waals surface area (Å²) in [5, 5.41) is 0.737. The minimum atomic E-state index is 0.109. The molecule has 0 atom stereocenters. The van der Waals surface area contributed by atoms with Gasteiger partial charge in [0.1, 0.15) is 0 Å². The molecule has 1 amide bonds. The summed E-state index contributed by atoms with van der Waals surface area (Å²) < 4.78 is 3.41. The number of benzene rings is 3. The lowest BCUT2D eigenvalue weighted by Gasteiger charge is -2.34. The normalized spacial score (nSPS) is 14.8. The molecule has 34 heavy (non-hydrogen) atoms. The highest BCUT2D eigenvalue weighted by molar-refractivity contribution is 7.23. The van der Waals surface area contributed by atoms with Gasteiger partial charge in [-0.25, -0.2) is 4.98 Å². The van der Waals surface area contributed by atoms with Crippen LogP contribution in [0.15, 0.2) is 78.9 Å². The average Bonchev–Trinajstić information content (AvgIpc) is 3.41. The first-order chi connectivity index (χ1) is 16.7. The maximum absolute atomic E-state index is 12.9. The first-order valence-electron chi connectivity index (χ1n) is 11.4. The topological polar surface area (TPSA) is 40.9 Å². The molecule has 3 heterocycles. The number of fused-ring (bicyclic) bond motifs is 3. The predicted octanol–water partition coefficient (Wildman–Crippen LogP) is 5.83. The van der Waals surface area contributed by atoms with Crippen molar-refractivity contribution in [3.8, 4) is 11.3 Å². The number of carbonyl (C=O) groups is 1. The van der Waals surface area contributed by atoms with E-state index in [0.717, 1.165) is 69.7 Å². The zero-order chi connectivity index (χ0) is 23.1. The van der Waals surface area contributed by atoms with Crippen molar-refractivity contribution >= 4 is 44.0 Å². The van der Waals surface area contributed by atoms with Gasteiger partial charge in [0, 0.05) is 48.9 Å². The van der Waals surface area contributed by atoms with Crippen molar-refractivity contribution in [1.29, 1.82) is 0 Å². The first-order valence-corrected chi connectivity index (χ1v) is 12.6. The molecule has 1 aliphatic rings.